The summed E-state index contributed by atoms with van der Waals surface area (Å²) >= 11 is 0. The number of hydrogen-bond donors (Lipinski definition) is 0. The van der Waals surface area contributed by atoms with E-state index in [9.17, 15) is 0 Å². The van der Waals surface area contributed by atoms with Gasteiger partial charge in [-0.05, 0) is 43.3 Å². The molecule has 0 radical (unpaired) electrons. The molecule has 0 aliphatic rings. The first-order valence-electron chi connectivity index (χ1n) is 11.6. The van der Waals surface area contributed by atoms with E-state index in [1.165, 1.54) is 0 Å². The molecule has 0 atom stereocenters. The number of fused-ring (bicyclic) bond motifs is 1. The van der Waals surface area contributed by atoms with Crippen molar-refractivity contribution in [2.24, 2.45) is 0 Å². The number of terminal acetylenes is 1. The van der Waals surface area contributed by atoms with Gasteiger partial charge < -0.3 is 18.9 Å². The molecular formula is C29H29N3O4. The van der Waals surface area contributed by atoms with E-state index in [-0.39, 0.29) is 0 Å². The largest absolute Gasteiger partial charge is 0.487 e. The highest BCUT2D eigenvalue weighted by Gasteiger charge is 2.22. The Hall–Kier alpha value is -4.12. The van der Waals surface area contributed by atoms with Crippen molar-refractivity contribution < 1.29 is 18.9 Å². The summed E-state index contributed by atoms with van der Waals surface area (Å²) in [7, 11) is 3.28. The quantitative estimate of drug-likeness (QED) is 0.208. The molecule has 3 aromatic carbocycles. The number of methoxy groups -OCH3 is 2. The maximum absolute atomic E-state index is 6.09. The summed E-state index contributed by atoms with van der Waals surface area (Å²) < 4.78 is 22.5. The van der Waals surface area contributed by atoms with Gasteiger partial charge in [0, 0.05) is 42.1 Å². The van der Waals surface area contributed by atoms with Crippen LogP contribution in [0.25, 0.3) is 10.9 Å². The molecule has 0 fully saturated rings. The fourth-order valence-corrected chi connectivity index (χ4v) is 3.94. The van der Waals surface area contributed by atoms with E-state index in [2.05, 4.69) is 15.8 Å². The molecule has 184 valence electrons. The van der Waals surface area contributed by atoms with E-state index in [1.54, 1.807) is 20.5 Å². The van der Waals surface area contributed by atoms with Crippen LogP contribution in [0.1, 0.15) is 11.1 Å². The minimum Gasteiger partial charge on any atom is -0.487 e. The third-order valence-electron chi connectivity index (χ3n) is 5.63. The van der Waals surface area contributed by atoms with Gasteiger partial charge in [-0.15, -0.1) is 6.42 Å². The first-order valence-corrected chi connectivity index (χ1v) is 11.6. The molecule has 7 nitrogen and oxygen atoms in total. The van der Waals surface area contributed by atoms with Crippen LogP contribution in [-0.4, -0.2) is 50.6 Å². The van der Waals surface area contributed by atoms with Gasteiger partial charge in [0.05, 0.1) is 18.7 Å². The Morgan fingerprint density at radius 3 is 2.28 bits per heavy atom. The maximum Gasteiger partial charge on any atom is 0.166 e. The molecule has 36 heavy (non-hydrogen) atoms. The van der Waals surface area contributed by atoms with Gasteiger partial charge in [-0.2, -0.15) is 0 Å². The summed E-state index contributed by atoms with van der Waals surface area (Å²) in [4.78, 5) is 11.4. The Morgan fingerprint density at radius 1 is 0.833 bits per heavy atom. The van der Waals surface area contributed by atoms with Crippen LogP contribution in [0, 0.1) is 19.3 Å². The molecule has 0 bridgehead atoms. The Bertz CT molecular complexity index is 1350. The number of anilines is 3. The van der Waals surface area contributed by atoms with Crippen LogP contribution in [0.2, 0.25) is 0 Å². The van der Waals surface area contributed by atoms with Gasteiger partial charge in [0.25, 0.3) is 0 Å². The minimum absolute atomic E-state index is 0.373. The number of rotatable bonds is 11. The lowest BCUT2D eigenvalue weighted by molar-refractivity contribution is 0.132. The molecule has 0 N–H and O–H groups in total. The first-order chi connectivity index (χ1) is 17.7. The molecule has 4 aromatic rings. The van der Waals surface area contributed by atoms with E-state index >= 15 is 0 Å². The van der Waals surface area contributed by atoms with Crippen LogP contribution in [-0.2, 0) is 9.47 Å². The Balaban J connectivity index is 1.93. The highest BCUT2D eigenvalue weighted by atomic mass is 16.5. The van der Waals surface area contributed by atoms with Crippen LogP contribution in [0.15, 0.2) is 67.0 Å². The normalized spacial score (nSPS) is 10.7. The molecule has 1 heterocycles. The second-order valence-corrected chi connectivity index (χ2v) is 7.97. The van der Waals surface area contributed by atoms with Crippen LogP contribution < -0.4 is 14.4 Å². The number of nitrogens with zero attached hydrogens (tertiary/aromatic N) is 3. The number of hydrogen-bond acceptors (Lipinski definition) is 7. The van der Waals surface area contributed by atoms with Crippen molar-refractivity contribution >= 4 is 28.1 Å². The minimum atomic E-state index is 0.373. The molecule has 0 aliphatic carbocycles. The first kappa shape index (κ1) is 25.0. The zero-order valence-corrected chi connectivity index (χ0v) is 20.7. The molecule has 0 saturated heterocycles. The monoisotopic (exact) mass is 483 g/mol. The fourth-order valence-electron chi connectivity index (χ4n) is 3.94. The molecule has 1 aromatic heterocycles. The van der Waals surface area contributed by atoms with Crippen LogP contribution in [0.4, 0.5) is 17.2 Å². The summed E-state index contributed by atoms with van der Waals surface area (Å²) in [5.41, 5.74) is 4.22. The van der Waals surface area contributed by atoms with Gasteiger partial charge >= 0.3 is 0 Å². The van der Waals surface area contributed by atoms with E-state index < -0.39 is 0 Å². The van der Waals surface area contributed by atoms with Crippen molar-refractivity contribution in [2.45, 2.75) is 6.92 Å². The number of para-hydroxylation sites is 1. The smallest absolute Gasteiger partial charge is 0.166 e. The molecule has 0 saturated carbocycles. The van der Waals surface area contributed by atoms with Gasteiger partial charge in [-0.25, -0.2) is 9.97 Å². The molecule has 0 amide bonds. The number of aryl methyl sites for hydroxylation is 1. The zero-order valence-electron chi connectivity index (χ0n) is 20.7. The van der Waals surface area contributed by atoms with Crippen LogP contribution in [0.3, 0.4) is 0 Å². The molecule has 0 aliphatic heterocycles. The van der Waals surface area contributed by atoms with Crippen molar-refractivity contribution in [2.75, 3.05) is 45.5 Å². The van der Waals surface area contributed by atoms with E-state index in [1.807, 2.05) is 67.6 Å². The predicted octanol–water partition coefficient (Wildman–Crippen LogP) is 5.44. The van der Waals surface area contributed by atoms with Crippen molar-refractivity contribution in [1.29, 1.82) is 0 Å². The highest BCUT2D eigenvalue weighted by molar-refractivity contribution is 5.98. The van der Waals surface area contributed by atoms with Crippen molar-refractivity contribution in [3.05, 3.63) is 78.1 Å². The summed E-state index contributed by atoms with van der Waals surface area (Å²) in [5, 5.41) is 0.816. The van der Waals surface area contributed by atoms with Gasteiger partial charge in [0.2, 0.25) is 0 Å². The number of aromatic nitrogens is 2. The summed E-state index contributed by atoms with van der Waals surface area (Å²) in [6, 6.07) is 19.8. The number of ether oxygens (including phenoxy) is 4. The standard InChI is InChI=1S/C29H29N3O4/c1-5-22-10-9-13-24(18-22)32(23-11-7-6-8-12-23)29-25-19-26(35-16-14-33-3)28(36-17-15-34-4)21(2)27(25)30-20-31-29/h1,6-13,18-20H,14-17H2,2-4H3. The molecule has 0 spiro atoms. The summed E-state index contributed by atoms with van der Waals surface area (Å²) in [6.45, 7) is 3.63. The van der Waals surface area contributed by atoms with Crippen LogP contribution in [0.5, 0.6) is 11.5 Å². The van der Waals surface area contributed by atoms with Gasteiger partial charge in [-0.3, -0.25) is 4.90 Å². The molecular weight excluding hydrogens is 454 g/mol. The van der Waals surface area contributed by atoms with Crippen molar-refractivity contribution in [3.8, 4) is 23.8 Å². The molecule has 7 heteroatoms. The average Bonchev–Trinajstić information content (AvgIpc) is 2.92. The second kappa shape index (κ2) is 12.0. The lowest BCUT2D eigenvalue weighted by Crippen LogP contribution is -2.14. The average molecular weight is 484 g/mol. The third-order valence-corrected chi connectivity index (χ3v) is 5.63. The summed E-state index contributed by atoms with van der Waals surface area (Å²) in [5.74, 6) is 4.64. The SMILES string of the molecule is C#Cc1cccc(N(c2ccccc2)c2ncnc3c(C)c(OCCOC)c(OCCOC)cc23)c1. The fraction of sp³-hybridized carbons (Fsp3) is 0.241. The Labute approximate surface area is 211 Å². The predicted molar refractivity (Wildman–Crippen MR) is 142 cm³/mol. The van der Waals surface area contributed by atoms with Crippen LogP contribution >= 0.6 is 0 Å². The molecule has 4 rings (SSSR count). The lowest BCUT2D eigenvalue weighted by atomic mass is 10.1. The molecule has 0 unspecified atom stereocenters. The lowest BCUT2D eigenvalue weighted by Gasteiger charge is -2.26. The summed E-state index contributed by atoms with van der Waals surface area (Å²) in [6.07, 6.45) is 7.27. The van der Waals surface area contributed by atoms with E-state index in [0.717, 1.165) is 33.4 Å². The Kier molecular flexibility index (Phi) is 8.35. The third kappa shape index (κ3) is 5.41. The number of benzene rings is 3. The van der Waals surface area contributed by atoms with E-state index in [0.29, 0.717) is 43.7 Å². The maximum atomic E-state index is 6.09. The Morgan fingerprint density at radius 2 is 1.56 bits per heavy atom. The van der Waals surface area contributed by atoms with Gasteiger partial charge in [0.1, 0.15) is 25.4 Å². The van der Waals surface area contributed by atoms with Gasteiger partial charge in [0.15, 0.2) is 11.5 Å². The van der Waals surface area contributed by atoms with Gasteiger partial charge in [-0.1, -0.05) is 30.2 Å². The second-order valence-electron chi connectivity index (χ2n) is 7.97. The topological polar surface area (TPSA) is 65.9 Å². The highest BCUT2D eigenvalue weighted by Crippen LogP contribution is 2.42. The van der Waals surface area contributed by atoms with Crippen molar-refractivity contribution in [1.82, 2.24) is 9.97 Å². The zero-order chi connectivity index (χ0) is 25.3. The van der Waals surface area contributed by atoms with E-state index in [4.69, 9.17) is 30.4 Å². The van der Waals surface area contributed by atoms with Crippen molar-refractivity contribution in [3.63, 3.8) is 0 Å².